The Bertz CT molecular complexity index is 1120. The molecular weight excluding hydrogens is 483 g/mol. The van der Waals surface area contributed by atoms with E-state index in [1.807, 2.05) is 26.0 Å². The molecule has 2 aliphatic heterocycles. The Morgan fingerprint density at radius 1 is 1.11 bits per heavy atom. The minimum Gasteiger partial charge on any atom is -0.374 e. The molecular formula is C27H34F3N5O2. The lowest BCUT2D eigenvalue weighted by Crippen LogP contribution is -2.45. The van der Waals surface area contributed by atoms with E-state index in [1.165, 1.54) is 37.7 Å². The number of amides is 1. The van der Waals surface area contributed by atoms with Crippen LogP contribution < -0.4 is 10.2 Å². The minimum atomic E-state index is -4.32. The van der Waals surface area contributed by atoms with Gasteiger partial charge in [-0.3, -0.25) is 4.79 Å². The first-order chi connectivity index (χ1) is 17.7. The summed E-state index contributed by atoms with van der Waals surface area (Å²) in [7, 11) is 0. The van der Waals surface area contributed by atoms with Gasteiger partial charge in [-0.15, -0.1) is 0 Å². The number of aromatic nitrogens is 2. The number of hydrogen-bond donors (Lipinski definition) is 1. The van der Waals surface area contributed by atoms with Crippen molar-refractivity contribution in [3.05, 3.63) is 41.1 Å². The summed E-state index contributed by atoms with van der Waals surface area (Å²) in [6.07, 6.45) is -0.0712. The summed E-state index contributed by atoms with van der Waals surface area (Å²) < 4.78 is 44.3. The van der Waals surface area contributed by atoms with E-state index in [9.17, 15) is 18.0 Å². The lowest BCUT2D eigenvalue weighted by atomic mass is 9.84. The second-order valence-electron chi connectivity index (χ2n) is 10.6. The van der Waals surface area contributed by atoms with Crippen LogP contribution in [0.15, 0.2) is 24.3 Å². The zero-order valence-electron chi connectivity index (χ0n) is 21.4. The second kappa shape index (κ2) is 10.5. The molecule has 1 atom stereocenters. The summed E-state index contributed by atoms with van der Waals surface area (Å²) in [6.45, 7) is 4.77. The monoisotopic (exact) mass is 517 g/mol. The van der Waals surface area contributed by atoms with Crippen molar-refractivity contribution in [2.24, 2.45) is 0 Å². The van der Waals surface area contributed by atoms with Crippen LogP contribution in [0.5, 0.6) is 0 Å². The third-order valence-electron chi connectivity index (χ3n) is 7.54. The van der Waals surface area contributed by atoms with Gasteiger partial charge in [0.2, 0.25) is 5.95 Å². The quantitative estimate of drug-likeness (QED) is 0.523. The van der Waals surface area contributed by atoms with Gasteiger partial charge in [0.15, 0.2) is 0 Å². The van der Waals surface area contributed by atoms with Crippen molar-refractivity contribution in [3.63, 3.8) is 0 Å². The number of halogens is 3. The SMILES string of the molecule is CC(C)N1Cc2c(Nc3ccc(C4CCCCC4)cc3)nc(N3CCOC(CC(F)(F)F)C3)nc2C1=O. The van der Waals surface area contributed by atoms with Gasteiger partial charge in [-0.25, -0.2) is 4.98 Å². The average molecular weight is 518 g/mol. The highest BCUT2D eigenvalue weighted by atomic mass is 19.4. The maximum Gasteiger partial charge on any atom is 0.391 e. The van der Waals surface area contributed by atoms with Gasteiger partial charge in [-0.2, -0.15) is 18.2 Å². The lowest BCUT2D eigenvalue weighted by Gasteiger charge is -2.33. The third kappa shape index (κ3) is 5.84. The number of hydrogen-bond acceptors (Lipinski definition) is 6. The number of nitrogens with one attached hydrogen (secondary N) is 1. The normalized spacial score (nSPS) is 21.0. The van der Waals surface area contributed by atoms with Crippen molar-refractivity contribution >= 4 is 23.4 Å². The van der Waals surface area contributed by atoms with Crippen LogP contribution in [0.25, 0.3) is 0 Å². The molecule has 0 spiro atoms. The number of anilines is 3. The predicted molar refractivity (Wildman–Crippen MR) is 135 cm³/mol. The highest BCUT2D eigenvalue weighted by Gasteiger charge is 2.38. The van der Waals surface area contributed by atoms with Crippen LogP contribution in [0.1, 0.15) is 79.9 Å². The van der Waals surface area contributed by atoms with Crippen LogP contribution in [0.3, 0.4) is 0 Å². The van der Waals surface area contributed by atoms with E-state index in [4.69, 9.17) is 9.72 Å². The predicted octanol–water partition coefficient (Wildman–Crippen LogP) is 5.79. The molecule has 0 bridgehead atoms. The molecule has 1 saturated carbocycles. The molecule has 0 radical (unpaired) electrons. The smallest absolute Gasteiger partial charge is 0.374 e. The highest BCUT2D eigenvalue weighted by Crippen LogP contribution is 2.35. The Morgan fingerprint density at radius 2 is 1.84 bits per heavy atom. The molecule has 5 rings (SSSR count). The van der Waals surface area contributed by atoms with Crippen molar-refractivity contribution in [3.8, 4) is 0 Å². The summed E-state index contributed by atoms with van der Waals surface area (Å²) in [6, 6.07) is 8.34. The first-order valence-electron chi connectivity index (χ1n) is 13.2. The highest BCUT2D eigenvalue weighted by molar-refractivity contribution is 5.98. The van der Waals surface area contributed by atoms with E-state index >= 15 is 0 Å². The first kappa shape index (κ1) is 25.8. The summed E-state index contributed by atoms with van der Waals surface area (Å²) >= 11 is 0. The zero-order valence-corrected chi connectivity index (χ0v) is 21.4. The van der Waals surface area contributed by atoms with Crippen molar-refractivity contribution in [2.45, 2.75) is 83.2 Å². The molecule has 1 saturated heterocycles. The number of fused-ring (bicyclic) bond motifs is 1. The van der Waals surface area contributed by atoms with E-state index in [2.05, 4.69) is 22.4 Å². The zero-order chi connectivity index (χ0) is 26.2. The number of morpholine rings is 1. The molecule has 1 amide bonds. The summed E-state index contributed by atoms with van der Waals surface area (Å²) in [5, 5.41) is 3.38. The van der Waals surface area contributed by atoms with E-state index < -0.39 is 18.7 Å². The minimum absolute atomic E-state index is 0.00983. The van der Waals surface area contributed by atoms with Crippen molar-refractivity contribution < 1.29 is 22.7 Å². The molecule has 10 heteroatoms. The largest absolute Gasteiger partial charge is 0.391 e. The molecule has 200 valence electrons. The molecule has 37 heavy (non-hydrogen) atoms. The van der Waals surface area contributed by atoms with E-state index in [-0.39, 0.29) is 31.0 Å². The van der Waals surface area contributed by atoms with Gasteiger partial charge in [0.25, 0.3) is 5.91 Å². The molecule has 3 aliphatic rings. The number of carbonyl (C=O) groups is 1. The lowest BCUT2D eigenvalue weighted by molar-refractivity contribution is -0.161. The number of alkyl halides is 3. The molecule has 3 heterocycles. The van der Waals surface area contributed by atoms with E-state index in [0.717, 1.165) is 5.69 Å². The first-order valence-corrected chi connectivity index (χ1v) is 13.2. The summed E-state index contributed by atoms with van der Waals surface area (Å²) in [4.78, 5) is 25.8. The van der Waals surface area contributed by atoms with Crippen LogP contribution in [0.2, 0.25) is 0 Å². The van der Waals surface area contributed by atoms with Gasteiger partial charge >= 0.3 is 6.18 Å². The number of ether oxygens (including phenoxy) is 1. The summed E-state index contributed by atoms with van der Waals surface area (Å²) in [5.41, 5.74) is 3.20. The topological polar surface area (TPSA) is 70.6 Å². The Hall–Kier alpha value is -2.88. The fraction of sp³-hybridized carbons (Fsp3) is 0.593. The summed E-state index contributed by atoms with van der Waals surface area (Å²) in [5.74, 6) is 1.17. The molecule has 1 aromatic heterocycles. The molecule has 1 N–H and O–H groups in total. The molecule has 1 aromatic carbocycles. The van der Waals surface area contributed by atoms with Crippen molar-refractivity contribution in [2.75, 3.05) is 29.9 Å². The number of benzene rings is 1. The van der Waals surface area contributed by atoms with Gasteiger partial charge in [-0.1, -0.05) is 31.4 Å². The Labute approximate surface area is 215 Å². The molecule has 1 unspecified atom stereocenters. The Morgan fingerprint density at radius 3 is 2.51 bits per heavy atom. The van der Waals surface area contributed by atoms with Gasteiger partial charge in [0.05, 0.1) is 25.7 Å². The second-order valence-corrected chi connectivity index (χ2v) is 10.6. The Kier molecular flexibility index (Phi) is 7.29. The van der Waals surface area contributed by atoms with Crippen molar-refractivity contribution in [1.82, 2.24) is 14.9 Å². The fourth-order valence-corrected chi connectivity index (χ4v) is 5.53. The van der Waals surface area contributed by atoms with Crippen LogP contribution in [-0.2, 0) is 11.3 Å². The van der Waals surface area contributed by atoms with Crippen LogP contribution in [0, 0.1) is 0 Å². The number of nitrogens with zero attached hydrogens (tertiary/aromatic N) is 4. The molecule has 2 fully saturated rings. The molecule has 1 aliphatic carbocycles. The van der Waals surface area contributed by atoms with E-state index in [1.54, 1.807) is 9.80 Å². The molecule has 2 aromatic rings. The average Bonchev–Trinajstić information content (AvgIpc) is 3.21. The Balaban J connectivity index is 1.42. The van der Waals surface area contributed by atoms with Crippen LogP contribution >= 0.6 is 0 Å². The van der Waals surface area contributed by atoms with Crippen LogP contribution in [-0.4, -0.2) is 58.8 Å². The van der Waals surface area contributed by atoms with E-state index in [0.29, 0.717) is 36.1 Å². The maximum absolute atomic E-state index is 13.2. The fourth-order valence-electron chi connectivity index (χ4n) is 5.53. The molecule has 7 nitrogen and oxygen atoms in total. The number of carbonyl (C=O) groups excluding carboxylic acids is 1. The van der Waals surface area contributed by atoms with Crippen LogP contribution in [0.4, 0.5) is 30.6 Å². The van der Waals surface area contributed by atoms with Gasteiger partial charge in [-0.05, 0) is 50.3 Å². The number of rotatable bonds is 6. The standard InChI is InChI=1S/C27H34F3N5O2/c1-17(2)35-16-22-23(25(35)36)32-26(34-12-13-37-21(15-34)14-27(28,29)30)33-24(22)31-20-10-8-19(9-11-20)18-6-4-3-5-7-18/h8-11,17-18,21H,3-7,12-16H2,1-2H3,(H,31,32,33). The third-order valence-corrected chi connectivity index (χ3v) is 7.54. The maximum atomic E-state index is 13.2. The van der Waals surface area contributed by atoms with Gasteiger partial charge in [0, 0.05) is 30.4 Å². The van der Waals surface area contributed by atoms with Gasteiger partial charge in [0.1, 0.15) is 11.5 Å². The van der Waals surface area contributed by atoms with Crippen molar-refractivity contribution in [1.29, 1.82) is 0 Å². The van der Waals surface area contributed by atoms with Gasteiger partial charge < -0.3 is 19.9 Å².